The summed E-state index contributed by atoms with van der Waals surface area (Å²) in [6.45, 7) is 10.7. The number of hydrogen-bond donors (Lipinski definition) is 0. The molecule has 1 saturated heterocycles. The maximum absolute atomic E-state index is 12.2. The molecule has 0 bridgehead atoms. The van der Waals surface area contributed by atoms with Crippen molar-refractivity contribution >= 4 is 5.91 Å². The SMILES string of the molecule is CC(C)CN(C)C(=O)CN1CCN(Cc2ccccc2)CC1. The van der Waals surface area contributed by atoms with E-state index in [-0.39, 0.29) is 5.91 Å². The van der Waals surface area contributed by atoms with Gasteiger partial charge in [0.2, 0.25) is 5.91 Å². The second-order valence-corrected chi connectivity index (χ2v) is 6.71. The van der Waals surface area contributed by atoms with Crippen molar-refractivity contribution in [2.24, 2.45) is 5.92 Å². The van der Waals surface area contributed by atoms with Crippen LogP contribution >= 0.6 is 0 Å². The van der Waals surface area contributed by atoms with Gasteiger partial charge in [-0.25, -0.2) is 0 Å². The van der Waals surface area contributed by atoms with Crippen LogP contribution in [0.1, 0.15) is 19.4 Å². The summed E-state index contributed by atoms with van der Waals surface area (Å²) in [5.41, 5.74) is 1.36. The summed E-state index contributed by atoms with van der Waals surface area (Å²) >= 11 is 0. The van der Waals surface area contributed by atoms with Crippen LogP contribution in [0, 0.1) is 5.92 Å². The van der Waals surface area contributed by atoms with E-state index in [4.69, 9.17) is 0 Å². The van der Waals surface area contributed by atoms with Gasteiger partial charge in [0.25, 0.3) is 0 Å². The van der Waals surface area contributed by atoms with Gasteiger partial charge in [0.15, 0.2) is 0 Å². The maximum atomic E-state index is 12.2. The third-order valence-electron chi connectivity index (χ3n) is 4.14. The minimum Gasteiger partial charge on any atom is -0.344 e. The van der Waals surface area contributed by atoms with Crippen molar-refractivity contribution in [1.82, 2.24) is 14.7 Å². The summed E-state index contributed by atoms with van der Waals surface area (Å²) < 4.78 is 0. The van der Waals surface area contributed by atoms with Crippen molar-refractivity contribution in [1.29, 1.82) is 0 Å². The molecule has 22 heavy (non-hydrogen) atoms. The number of amides is 1. The fourth-order valence-corrected chi connectivity index (χ4v) is 2.91. The molecule has 4 nitrogen and oxygen atoms in total. The third-order valence-corrected chi connectivity index (χ3v) is 4.14. The highest BCUT2D eigenvalue weighted by Crippen LogP contribution is 2.08. The number of likely N-dealkylation sites (N-methyl/N-ethyl adjacent to an activating group) is 1. The molecule has 0 spiro atoms. The maximum Gasteiger partial charge on any atom is 0.236 e. The van der Waals surface area contributed by atoms with E-state index < -0.39 is 0 Å². The average Bonchev–Trinajstić information content (AvgIpc) is 2.49. The largest absolute Gasteiger partial charge is 0.344 e. The molecule has 1 amide bonds. The number of hydrogen-bond acceptors (Lipinski definition) is 3. The Labute approximate surface area is 134 Å². The zero-order chi connectivity index (χ0) is 15.9. The zero-order valence-electron chi connectivity index (χ0n) is 14.2. The van der Waals surface area contributed by atoms with E-state index in [1.54, 1.807) is 0 Å². The van der Waals surface area contributed by atoms with Crippen molar-refractivity contribution in [3.05, 3.63) is 35.9 Å². The number of rotatable bonds is 6. The minimum absolute atomic E-state index is 0.241. The summed E-state index contributed by atoms with van der Waals surface area (Å²) in [5.74, 6) is 0.766. The molecule has 0 N–H and O–H groups in total. The molecule has 0 unspecified atom stereocenters. The van der Waals surface area contributed by atoms with Gasteiger partial charge in [0.1, 0.15) is 0 Å². The molecule has 0 atom stereocenters. The molecule has 1 aromatic carbocycles. The molecule has 0 aromatic heterocycles. The monoisotopic (exact) mass is 303 g/mol. The Morgan fingerprint density at radius 1 is 1.09 bits per heavy atom. The smallest absolute Gasteiger partial charge is 0.236 e. The first-order valence-corrected chi connectivity index (χ1v) is 8.27. The van der Waals surface area contributed by atoms with Crippen LogP contribution in [0.3, 0.4) is 0 Å². The lowest BCUT2D eigenvalue weighted by Gasteiger charge is -2.35. The summed E-state index contributed by atoms with van der Waals surface area (Å²) in [4.78, 5) is 18.8. The van der Waals surface area contributed by atoms with Crippen molar-refractivity contribution in [3.8, 4) is 0 Å². The molecule has 1 aromatic rings. The summed E-state index contributed by atoms with van der Waals surface area (Å²) in [6.07, 6.45) is 0. The number of piperazine rings is 1. The highest BCUT2D eigenvalue weighted by Gasteiger charge is 2.20. The van der Waals surface area contributed by atoms with Crippen molar-refractivity contribution < 1.29 is 4.79 Å². The molecule has 0 saturated carbocycles. The van der Waals surface area contributed by atoms with Crippen molar-refractivity contribution in [2.75, 3.05) is 46.3 Å². The van der Waals surface area contributed by atoms with Crippen LogP contribution in [0.4, 0.5) is 0 Å². The summed E-state index contributed by atoms with van der Waals surface area (Å²) in [5, 5.41) is 0. The Morgan fingerprint density at radius 3 is 2.27 bits per heavy atom. The van der Waals surface area contributed by atoms with Gasteiger partial charge in [-0.15, -0.1) is 0 Å². The quantitative estimate of drug-likeness (QED) is 0.803. The van der Waals surface area contributed by atoms with Crippen molar-refractivity contribution in [3.63, 3.8) is 0 Å². The molecule has 4 heteroatoms. The molecular weight excluding hydrogens is 274 g/mol. The third kappa shape index (κ3) is 5.43. The summed E-state index contributed by atoms with van der Waals surface area (Å²) in [6, 6.07) is 10.6. The average molecular weight is 303 g/mol. The minimum atomic E-state index is 0.241. The van der Waals surface area contributed by atoms with Gasteiger partial charge in [-0.2, -0.15) is 0 Å². The fraction of sp³-hybridized carbons (Fsp3) is 0.611. The Balaban J connectivity index is 1.72. The molecule has 1 aliphatic rings. The Bertz CT molecular complexity index is 453. The lowest BCUT2D eigenvalue weighted by atomic mass is 10.2. The Kier molecular flexibility index (Phi) is 6.40. The first-order valence-electron chi connectivity index (χ1n) is 8.27. The van der Waals surface area contributed by atoms with Crippen LogP contribution in [0.15, 0.2) is 30.3 Å². The summed E-state index contributed by atoms with van der Waals surface area (Å²) in [7, 11) is 1.91. The van der Waals surface area contributed by atoms with Crippen LogP contribution in [-0.2, 0) is 11.3 Å². The van der Waals surface area contributed by atoms with E-state index in [1.807, 2.05) is 11.9 Å². The molecule has 0 radical (unpaired) electrons. The van der Waals surface area contributed by atoms with Crippen molar-refractivity contribution in [2.45, 2.75) is 20.4 Å². The highest BCUT2D eigenvalue weighted by atomic mass is 16.2. The Hall–Kier alpha value is -1.39. The topological polar surface area (TPSA) is 26.8 Å². The molecule has 0 aliphatic carbocycles. The predicted octanol–water partition coefficient (Wildman–Crippen LogP) is 1.92. The second kappa shape index (κ2) is 8.30. The van der Waals surface area contributed by atoms with Crippen LogP contribution in [0.2, 0.25) is 0 Å². The Morgan fingerprint density at radius 2 is 1.68 bits per heavy atom. The van der Waals surface area contributed by atoms with Crippen LogP contribution in [0.5, 0.6) is 0 Å². The van der Waals surface area contributed by atoms with Gasteiger partial charge >= 0.3 is 0 Å². The second-order valence-electron chi connectivity index (χ2n) is 6.71. The van der Waals surface area contributed by atoms with E-state index in [0.29, 0.717) is 12.5 Å². The van der Waals surface area contributed by atoms with E-state index >= 15 is 0 Å². The van der Waals surface area contributed by atoms with Gasteiger partial charge in [-0.1, -0.05) is 44.2 Å². The van der Waals surface area contributed by atoms with Gasteiger partial charge in [-0.05, 0) is 11.5 Å². The van der Waals surface area contributed by atoms with Crippen LogP contribution < -0.4 is 0 Å². The van der Waals surface area contributed by atoms with Crippen LogP contribution in [0.25, 0.3) is 0 Å². The number of carbonyl (C=O) groups excluding carboxylic acids is 1. The molecule has 1 fully saturated rings. The van der Waals surface area contributed by atoms with E-state index in [2.05, 4.69) is 54.0 Å². The standard InChI is InChI=1S/C18H29N3O/c1-16(2)13-19(3)18(22)15-21-11-9-20(10-12-21)14-17-7-5-4-6-8-17/h4-8,16H,9-15H2,1-3H3. The van der Waals surface area contributed by atoms with Crippen LogP contribution in [-0.4, -0.2) is 66.9 Å². The zero-order valence-corrected chi connectivity index (χ0v) is 14.2. The van der Waals surface area contributed by atoms with Gasteiger partial charge in [-0.3, -0.25) is 14.6 Å². The molecule has 2 rings (SSSR count). The number of carbonyl (C=O) groups is 1. The van der Waals surface area contributed by atoms with Gasteiger partial charge in [0.05, 0.1) is 6.54 Å². The first kappa shape index (κ1) is 17.0. The molecule has 1 aliphatic heterocycles. The first-order chi connectivity index (χ1) is 10.5. The predicted molar refractivity (Wildman–Crippen MR) is 90.6 cm³/mol. The highest BCUT2D eigenvalue weighted by molar-refractivity contribution is 5.78. The lowest BCUT2D eigenvalue weighted by Crippen LogP contribution is -2.49. The van der Waals surface area contributed by atoms with Gasteiger partial charge in [0, 0.05) is 46.3 Å². The number of benzene rings is 1. The molecule has 122 valence electrons. The molecular formula is C18H29N3O. The van der Waals surface area contributed by atoms with E-state index in [1.165, 1.54) is 5.56 Å². The lowest BCUT2D eigenvalue weighted by molar-refractivity contribution is -0.132. The van der Waals surface area contributed by atoms with E-state index in [9.17, 15) is 4.79 Å². The fourth-order valence-electron chi connectivity index (χ4n) is 2.91. The molecule has 1 heterocycles. The normalized spacial score (nSPS) is 16.9. The van der Waals surface area contributed by atoms with E-state index in [0.717, 1.165) is 39.3 Å². The van der Waals surface area contributed by atoms with Gasteiger partial charge < -0.3 is 4.90 Å². The number of nitrogens with zero attached hydrogens (tertiary/aromatic N) is 3.